The molecule has 2 aliphatic heterocycles. The molecule has 0 bridgehead atoms. The summed E-state index contributed by atoms with van der Waals surface area (Å²) in [7, 11) is 0. The topological polar surface area (TPSA) is 36.4 Å². The van der Waals surface area contributed by atoms with E-state index in [2.05, 4.69) is 40.2 Å². The summed E-state index contributed by atoms with van der Waals surface area (Å²) < 4.78 is 0. The number of carbonyl (C=O) groups is 1. The van der Waals surface area contributed by atoms with Crippen molar-refractivity contribution in [1.29, 1.82) is 0 Å². The van der Waals surface area contributed by atoms with Crippen LogP contribution in [0.5, 0.6) is 0 Å². The molecule has 1 aromatic carbocycles. The van der Waals surface area contributed by atoms with Crippen LogP contribution in [-0.2, 0) is 11.2 Å². The molecule has 5 heteroatoms. The lowest BCUT2D eigenvalue weighted by Gasteiger charge is -2.33. The summed E-state index contributed by atoms with van der Waals surface area (Å²) in [5, 5.41) is 0. The largest absolute Gasteiger partial charge is 0.309 e. The van der Waals surface area contributed by atoms with E-state index < -0.39 is 0 Å². The first kappa shape index (κ1) is 18.5. The summed E-state index contributed by atoms with van der Waals surface area (Å²) in [6.07, 6.45) is 8.42. The Kier molecular flexibility index (Phi) is 6.10. The van der Waals surface area contributed by atoms with E-state index in [9.17, 15) is 4.79 Å². The van der Waals surface area contributed by atoms with Gasteiger partial charge < -0.3 is 9.80 Å². The van der Waals surface area contributed by atoms with Crippen LogP contribution in [0.3, 0.4) is 0 Å². The van der Waals surface area contributed by atoms with Gasteiger partial charge in [-0.3, -0.25) is 9.78 Å². The summed E-state index contributed by atoms with van der Waals surface area (Å²) in [5.41, 5.74) is 2.45. The molecular weight excluding hydrogens is 354 g/mol. The molecule has 27 heavy (non-hydrogen) atoms. The van der Waals surface area contributed by atoms with Gasteiger partial charge in [-0.1, -0.05) is 30.3 Å². The molecule has 3 heterocycles. The van der Waals surface area contributed by atoms with Gasteiger partial charge in [-0.05, 0) is 62.9 Å². The summed E-state index contributed by atoms with van der Waals surface area (Å²) in [6.45, 7) is 4.23. The quantitative estimate of drug-likeness (QED) is 0.761. The third-order valence-corrected chi connectivity index (χ3v) is 6.68. The SMILES string of the molecule is O=C1CSc2ccncc2N1CCCN1CCC(Cc2ccccc2)CC1. The first-order chi connectivity index (χ1) is 13.3. The van der Waals surface area contributed by atoms with Crippen molar-refractivity contribution in [1.82, 2.24) is 9.88 Å². The first-order valence-electron chi connectivity index (χ1n) is 9.93. The summed E-state index contributed by atoms with van der Waals surface area (Å²) in [4.78, 5) is 22.2. The highest BCUT2D eigenvalue weighted by atomic mass is 32.2. The first-order valence-corrected chi connectivity index (χ1v) is 10.9. The fraction of sp³-hybridized carbons (Fsp3) is 0.455. The summed E-state index contributed by atoms with van der Waals surface area (Å²) in [6, 6.07) is 12.9. The van der Waals surface area contributed by atoms with Gasteiger partial charge in [0.1, 0.15) is 0 Å². The molecule has 0 atom stereocenters. The van der Waals surface area contributed by atoms with Gasteiger partial charge in [-0.15, -0.1) is 11.8 Å². The number of amides is 1. The molecule has 4 nitrogen and oxygen atoms in total. The van der Waals surface area contributed by atoms with Crippen LogP contribution >= 0.6 is 11.8 Å². The van der Waals surface area contributed by atoms with Gasteiger partial charge in [0.15, 0.2) is 0 Å². The van der Waals surface area contributed by atoms with E-state index in [0.717, 1.165) is 31.1 Å². The minimum atomic E-state index is 0.210. The average Bonchev–Trinajstić information content (AvgIpc) is 2.72. The van der Waals surface area contributed by atoms with Gasteiger partial charge in [0.05, 0.1) is 17.6 Å². The highest BCUT2D eigenvalue weighted by molar-refractivity contribution is 8.00. The molecule has 1 fully saturated rings. The van der Waals surface area contributed by atoms with E-state index in [1.807, 2.05) is 17.2 Å². The van der Waals surface area contributed by atoms with Crippen molar-refractivity contribution in [3.8, 4) is 0 Å². The molecule has 0 aliphatic carbocycles. The predicted octanol–water partition coefficient (Wildman–Crippen LogP) is 3.87. The Bertz CT molecular complexity index is 759. The van der Waals surface area contributed by atoms with E-state index in [0.29, 0.717) is 5.75 Å². The Balaban J connectivity index is 1.22. The number of anilines is 1. The van der Waals surface area contributed by atoms with Gasteiger partial charge in [0.25, 0.3) is 0 Å². The predicted molar refractivity (Wildman–Crippen MR) is 111 cm³/mol. The van der Waals surface area contributed by atoms with Gasteiger partial charge in [-0.2, -0.15) is 0 Å². The van der Waals surface area contributed by atoms with Crippen LogP contribution < -0.4 is 4.90 Å². The van der Waals surface area contributed by atoms with E-state index in [1.54, 1.807) is 18.0 Å². The number of hydrogen-bond donors (Lipinski definition) is 0. The molecule has 1 aromatic heterocycles. The van der Waals surface area contributed by atoms with Crippen molar-refractivity contribution in [3.05, 3.63) is 54.4 Å². The second-order valence-electron chi connectivity index (χ2n) is 7.51. The van der Waals surface area contributed by atoms with Crippen LogP contribution in [0.1, 0.15) is 24.8 Å². The number of carbonyl (C=O) groups excluding carboxylic acids is 1. The maximum Gasteiger partial charge on any atom is 0.237 e. The molecule has 0 unspecified atom stereocenters. The third kappa shape index (κ3) is 4.71. The lowest BCUT2D eigenvalue weighted by Crippen LogP contribution is -2.39. The highest BCUT2D eigenvalue weighted by Gasteiger charge is 2.25. The van der Waals surface area contributed by atoms with Crippen molar-refractivity contribution in [3.63, 3.8) is 0 Å². The van der Waals surface area contributed by atoms with Crippen LogP contribution in [0, 0.1) is 5.92 Å². The van der Waals surface area contributed by atoms with Crippen molar-refractivity contribution < 1.29 is 4.79 Å². The minimum absolute atomic E-state index is 0.210. The van der Waals surface area contributed by atoms with Crippen LogP contribution in [-0.4, -0.2) is 47.7 Å². The Morgan fingerprint density at radius 3 is 2.70 bits per heavy atom. The van der Waals surface area contributed by atoms with Crippen molar-refractivity contribution in [2.24, 2.45) is 5.92 Å². The van der Waals surface area contributed by atoms with Crippen LogP contribution in [0.4, 0.5) is 5.69 Å². The van der Waals surface area contributed by atoms with Crippen LogP contribution in [0.25, 0.3) is 0 Å². The number of pyridine rings is 1. The van der Waals surface area contributed by atoms with Crippen molar-refractivity contribution in [2.45, 2.75) is 30.6 Å². The zero-order chi connectivity index (χ0) is 18.5. The molecule has 2 aliphatic rings. The fourth-order valence-electron chi connectivity index (χ4n) is 4.11. The monoisotopic (exact) mass is 381 g/mol. The van der Waals surface area contributed by atoms with E-state index in [-0.39, 0.29) is 5.91 Å². The average molecular weight is 382 g/mol. The maximum absolute atomic E-state index is 12.3. The smallest absolute Gasteiger partial charge is 0.237 e. The molecule has 1 amide bonds. The standard InChI is InChI=1S/C22H27N3OS/c26-22-17-27-21-7-10-23-16-20(21)25(22)12-4-11-24-13-8-19(9-14-24)15-18-5-2-1-3-6-18/h1-3,5-7,10,16,19H,4,8-9,11-15,17H2. The van der Waals surface area contributed by atoms with E-state index >= 15 is 0 Å². The minimum Gasteiger partial charge on any atom is -0.309 e. The zero-order valence-electron chi connectivity index (χ0n) is 15.7. The van der Waals surface area contributed by atoms with Gasteiger partial charge >= 0.3 is 0 Å². The molecule has 2 aromatic rings. The summed E-state index contributed by atoms with van der Waals surface area (Å²) >= 11 is 1.62. The number of piperidine rings is 1. The Morgan fingerprint density at radius 1 is 1.07 bits per heavy atom. The molecule has 142 valence electrons. The van der Waals surface area contributed by atoms with Crippen LogP contribution in [0.15, 0.2) is 53.7 Å². The van der Waals surface area contributed by atoms with Gasteiger partial charge in [-0.25, -0.2) is 0 Å². The number of fused-ring (bicyclic) bond motifs is 1. The molecule has 0 spiro atoms. The fourth-order valence-corrected chi connectivity index (χ4v) is 5.01. The third-order valence-electron chi connectivity index (χ3n) is 5.63. The number of benzene rings is 1. The molecule has 0 radical (unpaired) electrons. The normalized spacial score (nSPS) is 18.5. The zero-order valence-corrected chi connectivity index (χ0v) is 16.5. The van der Waals surface area contributed by atoms with E-state index in [4.69, 9.17) is 0 Å². The number of nitrogens with zero attached hydrogens (tertiary/aromatic N) is 3. The Labute approximate surface area is 166 Å². The maximum atomic E-state index is 12.3. The lowest BCUT2D eigenvalue weighted by molar-refractivity contribution is -0.116. The number of thioether (sulfide) groups is 1. The Morgan fingerprint density at radius 2 is 1.89 bits per heavy atom. The number of aromatic nitrogens is 1. The molecular formula is C22H27N3OS. The van der Waals surface area contributed by atoms with Crippen molar-refractivity contribution in [2.75, 3.05) is 36.8 Å². The highest BCUT2D eigenvalue weighted by Crippen LogP contribution is 2.34. The lowest BCUT2D eigenvalue weighted by atomic mass is 9.90. The van der Waals surface area contributed by atoms with Crippen LogP contribution in [0.2, 0.25) is 0 Å². The van der Waals surface area contributed by atoms with Crippen molar-refractivity contribution >= 4 is 23.4 Å². The van der Waals surface area contributed by atoms with Gasteiger partial charge in [0.2, 0.25) is 5.91 Å². The molecule has 0 saturated carbocycles. The van der Waals surface area contributed by atoms with E-state index in [1.165, 1.54) is 42.8 Å². The second-order valence-corrected chi connectivity index (χ2v) is 8.52. The Hall–Kier alpha value is -1.85. The summed E-state index contributed by atoms with van der Waals surface area (Å²) in [5.74, 6) is 1.56. The number of rotatable bonds is 6. The second kappa shape index (κ2) is 8.89. The number of hydrogen-bond acceptors (Lipinski definition) is 4. The van der Waals surface area contributed by atoms with Gasteiger partial charge in [0, 0.05) is 17.6 Å². The molecule has 1 saturated heterocycles. The molecule has 4 rings (SSSR count). The molecule has 0 N–H and O–H groups in total. The number of likely N-dealkylation sites (tertiary alicyclic amines) is 1.